The topological polar surface area (TPSA) is 18.5 Å². The van der Waals surface area contributed by atoms with Gasteiger partial charge in [0, 0.05) is 0 Å². The normalized spacial score (nSPS) is 12.9. The quantitative estimate of drug-likeness (QED) is 0.560. The molecule has 0 aliphatic rings. The molecular weight excluding hydrogens is 144 g/mol. The average Bonchev–Trinajstić information content (AvgIpc) is 1.85. The van der Waals surface area contributed by atoms with E-state index in [1.54, 1.807) is 0 Å². The zero-order valence-corrected chi connectivity index (χ0v) is 9.60. The van der Waals surface area contributed by atoms with E-state index in [0.717, 1.165) is 10.5 Å². The highest BCUT2D eigenvalue weighted by atomic mass is 28.2. The largest absolute Gasteiger partial charge is 0.421 e. The molecule has 0 radical (unpaired) electrons. The smallest absolute Gasteiger partial charge is 0.146 e. The molecule has 3 heteroatoms. The molecule has 0 fully saturated rings. The Bertz CT molecular complexity index is 91.6. The first-order chi connectivity index (χ1) is 4.48. The van der Waals surface area contributed by atoms with Crippen LogP contribution < -0.4 is 0 Å². The van der Waals surface area contributed by atoms with Crippen LogP contribution >= 0.6 is 0 Å². The fraction of sp³-hybridized carbons (Fsp3) is 1.00. The van der Waals surface area contributed by atoms with Crippen LogP contribution in [0.5, 0.6) is 0 Å². The summed E-state index contributed by atoms with van der Waals surface area (Å²) in [5.74, 6) is 0. The van der Waals surface area contributed by atoms with Crippen LogP contribution in [0.2, 0.25) is 0 Å². The summed E-state index contributed by atoms with van der Waals surface area (Å²) in [6.45, 7) is 8.84. The molecule has 0 saturated heterocycles. The number of hydrogen-bond donors (Lipinski definition) is 0. The predicted octanol–water partition coefficient (Wildman–Crippen LogP) is 0.487. The van der Waals surface area contributed by atoms with Gasteiger partial charge in [0.25, 0.3) is 0 Å². The first-order valence-corrected chi connectivity index (χ1v) is 4.46. The highest BCUT2D eigenvalue weighted by Gasteiger charge is 2.15. The maximum atomic E-state index is 5.39. The summed E-state index contributed by atoms with van der Waals surface area (Å²) in [6.07, 6.45) is 0.302. The first-order valence-electron chi connectivity index (χ1n) is 3.65. The molecule has 0 atom stereocenters. The minimum Gasteiger partial charge on any atom is -0.421 e. The van der Waals surface area contributed by atoms with E-state index < -0.39 is 0 Å². The third-order valence-corrected chi connectivity index (χ3v) is 2.42. The molecule has 0 amide bonds. The Hall–Kier alpha value is 0.137. The molecule has 0 unspecified atom stereocenters. The van der Waals surface area contributed by atoms with Gasteiger partial charge in [-0.3, -0.25) is 0 Å². The molecule has 0 aliphatic carbocycles. The van der Waals surface area contributed by atoms with Gasteiger partial charge in [0.15, 0.2) is 0 Å². The molecule has 0 rings (SSSR count). The van der Waals surface area contributed by atoms with Crippen molar-refractivity contribution in [3.05, 3.63) is 0 Å². The minimum atomic E-state index is -0.0868. The van der Waals surface area contributed by atoms with Crippen molar-refractivity contribution in [3.8, 4) is 0 Å². The van der Waals surface area contributed by atoms with Gasteiger partial charge in [0.05, 0.1) is 18.3 Å². The van der Waals surface area contributed by atoms with E-state index in [4.69, 9.17) is 9.16 Å². The van der Waals surface area contributed by atoms with Gasteiger partial charge in [-0.2, -0.15) is 0 Å². The summed E-state index contributed by atoms with van der Waals surface area (Å²) in [5, 5.41) is 0. The Kier molecular flexibility index (Phi) is 4.16. The van der Waals surface area contributed by atoms with Crippen LogP contribution in [0.1, 0.15) is 27.7 Å². The van der Waals surface area contributed by atoms with E-state index in [9.17, 15) is 0 Å². The fourth-order valence-electron chi connectivity index (χ4n) is 0.426. The molecule has 0 aliphatic heterocycles. The molecular formula is C7H18O2Si. The van der Waals surface area contributed by atoms with Gasteiger partial charge >= 0.3 is 0 Å². The summed E-state index contributed by atoms with van der Waals surface area (Å²) >= 11 is 0. The standard InChI is InChI=1S/C7H18O2Si/c1-6(2)8-5-7(3,4)9-10/h6H,5H2,1-4,10H3. The lowest BCUT2D eigenvalue weighted by molar-refractivity contribution is -0.0241. The van der Waals surface area contributed by atoms with Crippen molar-refractivity contribution in [2.24, 2.45) is 0 Å². The monoisotopic (exact) mass is 162 g/mol. The molecule has 0 aromatic rings. The van der Waals surface area contributed by atoms with Gasteiger partial charge in [-0.05, 0) is 27.7 Å². The van der Waals surface area contributed by atoms with Crippen molar-refractivity contribution >= 4 is 10.5 Å². The third-order valence-electron chi connectivity index (χ3n) is 1.32. The first kappa shape index (κ1) is 10.1. The van der Waals surface area contributed by atoms with Gasteiger partial charge < -0.3 is 9.16 Å². The summed E-state index contributed by atoms with van der Waals surface area (Å²) in [6, 6.07) is 0. The summed E-state index contributed by atoms with van der Waals surface area (Å²) < 4.78 is 10.7. The van der Waals surface area contributed by atoms with Gasteiger partial charge in [0.2, 0.25) is 0 Å². The summed E-state index contributed by atoms with van der Waals surface area (Å²) in [5.41, 5.74) is -0.0868. The number of rotatable bonds is 4. The fourth-order valence-corrected chi connectivity index (χ4v) is 0.544. The molecule has 0 bridgehead atoms. The Morgan fingerprint density at radius 3 is 2.20 bits per heavy atom. The van der Waals surface area contributed by atoms with E-state index in [1.807, 2.05) is 27.7 Å². The van der Waals surface area contributed by atoms with Crippen LogP contribution in [-0.2, 0) is 9.16 Å². The van der Waals surface area contributed by atoms with Crippen LogP contribution in [0.15, 0.2) is 0 Å². The maximum absolute atomic E-state index is 5.39. The molecule has 0 aromatic heterocycles. The van der Waals surface area contributed by atoms with Crippen molar-refractivity contribution in [1.29, 1.82) is 0 Å². The van der Waals surface area contributed by atoms with Crippen molar-refractivity contribution in [2.75, 3.05) is 6.61 Å². The van der Waals surface area contributed by atoms with Gasteiger partial charge in [-0.1, -0.05) is 0 Å². The van der Waals surface area contributed by atoms with Crippen LogP contribution in [0, 0.1) is 0 Å². The minimum absolute atomic E-state index is 0.0868. The van der Waals surface area contributed by atoms with Gasteiger partial charge in [0.1, 0.15) is 10.5 Å². The van der Waals surface area contributed by atoms with Gasteiger partial charge in [-0.15, -0.1) is 0 Å². The Labute approximate surface area is 66.5 Å². The predicted molar refractivity (Wildman–Crippen MR) is 46.2 cm³/mol. The number of hydrogen-bond acceptors (Lipinski definition) is 2. The average molecular weight is 162 g/mol. The lowest BCUT2D eigenvalue weighted by Crippen LogP contribution is -2.31. The van der Waals surface area contributed by atoms with E-state index in [2.05, 4.69) is 0 Å². The second kappa shape index (κ2) is 4.11. The van der Waals surface area contributed by atoms with E-state index >= 15 is 0 Å². The van der Waals surface area contributed by atoms with Crippen molar-refractivity contribution in [2.45, 2.75) is 39.4 Å². The van der Waals surface area contributed by atoms with Crippen molar-refractivity contribution in [1.82, 2.24) is 0 Å². The lowest BCUT2D eigenvalue weighted by Gasteiger charge is -2.24. The molecule has 2 nitrogen and oxygen atoms in total. The van der Waals surface area contributed by atoms with Crippen LogP contribution in [-0.4, -0.2) is 28.8 Å². The molecule has 0 N–H and O–H groups in total. The lowest BCUT2D eigenvalue weighted by atomic mass is 10.2. The molecule has 0 saturated carbocycles. The molecule has 10 heavy (non-hydrogen) atoms. The van der Waals surface area contributed by atoms with Crippen molar-refractivity contribution in [3.63, 3.8) is 0 Å². The maximum Gasteiger partial charge on any atom is 0.146 e. The second-order valence-electron chi connectivity index (χ2n) is 3.32. The SMILES string of the molecule is CC(C)OCC(C)(C)O[SiH3]. The van der Waals surface area contributed by atoms with Crippen LogP contribution in [0.3, 0.4) is 0 Å². The van der Waals surface area contributed by atoms with Gasteiger partial charge in [-0.25, -0.2) is 0 Å². The molecule has 62 valence electrons. The highest BCUT2D eigenvalue weighted by molar-refractivity contribution is 5.98. The van der Waals surface area contributed by atoms with Crippen LogP contribution in [0.25, 0.3) is 0 Å². The second-order valence-corrected chi connectivity index (χ2v) is 3.73. The summed E-state index contributed by atoms with van der Waals surface area (Å²) in [4.78, 5) is 0. The summed E-state index contributed by atoms with van der Waals surface area (Å²) in [7, 11) is 0.777. The van der Waals surface area contributed by atoms with E-state index in [-0.39, 0.29) is 5.60 Å². The Balaban J connectivity index is 3.46. The zero-order valence-electron chi connectivity index (χ0n) is 7.60. The Morgan fingerprint density at radius 2 is 1.90 bits per heavy atom. The molecule has 0 aromatic carbocycles. The van der Waals surface area contributed by atoms with E-state index in [0.29, 0.717) is 12.7 Å². The Morgan fingerprint density at radius 1 is 1.40 bits per heavy atom. The highest BCUT2D eigenvalue weighted by Crippen LogP contribution is 2.07. The molecule has 0 heterocycles. The number of ether oxygens (including phenoxy) is 1. The third kappa shape index (κ3) is 4.96. The van der Waals surface area contributed by atoms with E-state index in [1.165, 1.54) is 0 Å². The van der Waals surface area contributed by atoms with Crippen LogP contribution in [0.4, 0.5) is 0 Å². The zero-order chi connectivity index (χ0) is 8.20. The molecule has 0 spiro atoms. The van der Waals surface area contributed by atoms with Crippen molar-refractivity contribution < 1.29 is 9.16 Å².